The number of carbonyl (C=O) groups is 2. The zero-order valence-corrected chi connectivity index (χ0v) is 15.9. The fourth-order valence-corrected chi connectivity index (χ4v) is 3.28. The Labute approximate surface area is 155 Å². The predicted molar refractivity (Wildman–Crippen MR) is 106 cm³/mol. The molecule has 4 heteroatoms. The third-order valence-corrected chi connectivity index (χ3v) is 5.02. The van der Waals surface area contributed by atoms with Crippen molar-refractivity contribution >= 4 is 23.2 Å². The first-order chi connectivity index (χ1) is 12.3. The summed E-state index contributed by atoms with van der Waals surface area (Å²) in [6, 6.07) is 14.0. The number of nitrogens with zero attached hydrogens (tertiary/aromatic N) is 1. The number of hydrogen-bond acceptors (Lipinski definition) is 2. The SMILES string of the molecule is Cc1ccc(C)c(NC(=O)[C@@H]2CC(=O)N(c3ccc(C(C)C)cc3)C2)c1. The van der Waals surface area contributed by atoms with Crippen molar-refractivity contribution in [3.05, 3.63) is 59.2 Å². The molecule has 0 aromatic heterocycles. The second-order valence-electron chi connectivity index (χ2n) is 7.46. The van der Waals surface area contributed by atoms with Gasteiger partial charge in [0.05, 0.1) is 5.92 Å². The zero-order valence-electron chi connectivity index (χ0n) is 15.9. The van der Waals surface area contributed by atoms with Gasteiger partial charge in [0.1, 0.15) is 0 Å². The first-order valence-electron chi connectivity index (χ1n) is 9.13. The van der Waals surface area contributed by atoms with Gasteiger partial charge in [-0.2, -0.15) is 0 Å². The monoisotopic (exact) mass is 350 g/mol. The van der Waals surface area contributed by atoms with Crippen LogP contribution in [0.25, 0.3) is 0 Å². The summed E-state index contributed by atoms with van der Waals surface area (Å²) < 4.78 is 0. The van der Waals surface area contributed by atoms with E-state index in [0.29, 0.717) is 12.5 Å². The fourth-order valence-electron chi connectivity index (χ4n) is 3.28. The number of benzene rings is 2. The molecular weight excluding hydrogens is 324 g/mol. The molecule has 2 aromatic carbocycles. The number of hydrogen-bond donors (Lipinski definition) is 1. The smallest absolute Gasteiger partial charge is 0.229 e. The van der Waals surface area contributed by atoms with Gasteiger partial charge in [-0.05, 0) is 54.7 Å². The zero-order chi connectivity index (χ0) is 18.8. The summed E-state index contributed by atoms with van der Waals surface area (Å²) in [6.45, 7) is 8.68. The lowest BCUT2D eigenvalue weighted by atomic mass is 10.0. The number of amides is 2. The normalized spacial score (nSPS) is 17.0. The minimum atomic E-state index is -0.327. The molecule has 1 aliphatic heterocycles. The van der Waals surface area contributed by atoms with Gasteiger partial charge in [-0.1, -0.05) is 38.1 Å². The van der Waals surface area contributed by atoms with Crippen molar-refractivity contribution in [1.82, 2.24) is 0 Å². The Kier molecular flexibility index (Phi) is 5.12. The maximum atomic E-state index is 12.7. The Morgan fingerprint density at radius 2 is 1.81 bits per heavy atom. The van der Waals surface area contributed by atoms with E-state index in [1.807, 2.05) is 44.2 Å². The van der Waals surface area contributed by atoms with Gasteiger partial charge < -0.3 is 10.2 Å². The second-order valence-corrected chi connectivity index (χ2v) is 7.46. The Hall–Kier alpha value is -2.62. The van der Waals surface area contributed by atoms with E-state index >= 15 is 0 Å². The lowest BCUT2D eigenvalue weighted by Crippen LogP contribution is -2.28. The average molecular weight is 350 g/mol. The van der Waals surface area contributed by atoms with Crippen molar-refractivity contribution in [2.75, 3.05) is 16.8 Å². The Morgan fingerprint density at radius 3 is 2.46 bits per heavy atom. The second kappa shape index (κ2) is 7.32. The van der Waals surface area contributed by atoms with Gasteiger partial charge in [-0.15, -0.1) is 0 Å². The Morgan fingerprint density at radius 1 is 1.12 bits per heavy atom. The molecule has 1 saturated heterocycles. The van der Waals surface area contributed by atoms with Gasteiger partial charge in [0, 0.05) is 24.3 Å². The minimum Gasteiger partial charge on any atom is -0.326 e. The van der Waals surface area contributed by atoms with Crippen LogP contribution in [0.1, 0.15) is 42.9 Å². The molecule has 1 heterocycles. The maximum Gasteiger partial charge on any atom is 0.229 e. The van der Waals surface area contributed by atoms with Crippen LogP contribution in [0.15, 0.2) is 42.5 Å². The molecular formula is C22H26N2O2. The molecule has 1 fully saturated rings. The van der Waals surface area contributed by atoms with Gasteiger partial charge in [0.2, 0.25) is 11.8 Å². The van der Waals surface area contributed by atoms with E-state index in [1.54, 1.807) is 4.90 Å². The van der Waals surface area contributed by atoms with Crippen molar-refractivity contribution in [3.63, 3.8) is 0 Å². The van der Waals surface area contributed by atoms with E-state index in [-0.39, 0.29) is 24.2 Å². The highest BCUT2D eigenvalue weighted by atomic mass is 16.2. The van der Waals surface area contributed by atoms with Crippen LogP contribution >= 0.6 is 0 Å². The van der Waals surface area contributed by atoms with Crippen LogP contribution < -0.4 is 10.2 Å². The van der Waals surface area contributed by atoms with Crippen LogP contribution in [0, 0.1) is 19.8 Å². The van der Waals surface area contributed by atoms with E-state index in [1.165, 1.54) is 5.56 Å². The van der Waals surface area contributed by atoms with Gasteiger partial charge in [0.25, 0.3) is 0 Å². The van der Waals surface area contributed by atoms with Gasteiger partial charge in [-0.3, -0.25) is 9.59 Å². The fraction of sp³-hybridized carbons (Fsp3) is 0.364. The molecule has 4 nitrogen and oxygen atoms in total. The third kappa shape index (κ3) is 3.79. The summed E-state index contributed by atoms with van der Waals surface area (Å²) in [5.41, 5.74) is 5.04. The van der Waals surface area contributed by atoms with Crippen LogP contribution in [0.5, 0.6) is 0 Å². The highest BCUT2D eigenvalue weighted by Gasteiger charge is 2.35. The van der Waals surface area contributed by atoms with Crippen molar-refractivity contribution in [2.45, 2.75) is 40.0 Å². The van der Waals surface area contributed by atoms with Crippen molar-refractivity contribution in [2.24, 2.45) is 5.92 Å². The van der Waals surface area contributed by atoms with Crippen LogP contribution in [0.2, 0.25) is 0 Å². The van der Waals surface area contributed by atoms with Crippen LogP contribution in [0.4, 0.5) is 11.4 Å². The molecule has 0 bridgehead atoms. The number of nitrogens with one attached hydrogen (secondary N) is 1. The van der Waals surface area contributed by atoms with Gasteiger partial charge in [0.15, 0.2) is 0 Å². The van der Waals surface area contributed by atoms with Crippen molar-refractivity contribution in [1.29, 1.82) is 0 Å². The van der Waals surface area contributed by atoms with E-state index in [9.17, 15) is 9.59 Å². The molecule has 2 amide bonds. The molecule has 0 radical (unpaired) electrons. The molecule has 1 N–H and O–H groups in total. The summed E-state index contributed by atoms with van der Waals surface area (Å²) in [5.74, 6) is 0.0402. The Bertz CT molecular complexity index is 825. The largest absolute Gasteiger partial charge is 0.326 e. The van der Waals surface area contributed by atoms with Gasteiger partial charge >= 0.3 is 0 Å². The highest BCUT2D eigenvalue weighted by Crippen LogP contribution is 2.28. The number of anilines is 2. The Balaban J connectivity index is 1.70. The standard InChI is InChI=1S/C22H26N2O2/c1-14(2)17-7-9-19(10-8-17)24-13-18(12-21(24)25)22(26)23-20-11-15(3)5-6-16(20)4/h5-11,14,18H,12-13H2,1-4H3,(H,23,26)/t18-/m1/s1. The molecule has 3 rings (SSSR count). The topological polar surface area (TPSA) is 49.4 Å². The summed E-state index contributed by atoms with van der Waals surface area (Å²) in [7, 11) is 0. The molecule has 26 heavy (non-hydrogen) atoms. The average Bonchev–Trinajstić information content (AvgIpc) is 3.00. The quantitative estimate of drug-likeness (QED) is 0.887. The first kappa shape index (κ1) is 18.2. The summed E-state index contributed by atoms with van der Waals surface area (Å²) in [5, 5.41) is 2.99. The lowest BCUT2D eigenvalue weighted by molar-refractivity contribution is -0.122. The molecule has 0 aliphatic carbocycles. The molecule has 136 valence electrons. The summed E-state index contributed by atoms with van der Waals surface area (Å²) >= 11 is 0. The summed E-state index contributed by atoms with van der Waals surface area (Å²) in [6.07, 6.45) is 0.253. The van der Waals surface area contributed by atoms with E-state index < -0.39 is 0 Å². The number of rotatable bonds is 4. The van der Waals surface area contributed by atoms with Crippen LogP contribution in [-0.4, -0.2) is 18.4 Å². The maximum absolute atomic E-state index is 12.7. The predicted octanol–water partition coefficient (Wildman–Crippen LogP) is 4.42. The minimum absolute atomic E-state index is 0.00316. The highest BCUT2D eigenvalue weighted by molar-refractivity contribution is 6.03. The van der Waals surface area contributed by atoms with E-state index in [2.05, 4.69) is 31.3 Å². The van der Waals surface area contributed by atoms with E-state index in [4.69, 9.17) is 0 Å². The van der Waals surface area contributed by atoms with Gasteiger partial charge in [-0.25, -0.2) is 0 Å². The molecule has 1 atom stereocenters. The van der Waals surface area contributed by atoms with Crippen LogP contribution in [-0.2, 0) is 9.59 Å². The molecule has 0 spiro atoms. The number of carbonyl (C=O) groups excluding carboxylic acids is 2. The molecule has 0 saturated carbocycles. The molecule has 1 aliphatic rings. The van der Waals surface area contributed by atoms with E-state index in [0.717, 1.165) is 22.5 Å². The first-order valence-corrected chi connectivity index (χ1v) is 9.13. The van der Waals surface area contributed by atoms with Crippen molar-refractivity contribution in [3.8, 4) is 0 Å². The van der Waals surface area contributed by atoms with Crippen LogP contribution in [0.3, 0.4) is 0 Å². The summed E-state index contributed by atoms with van der Waals surface area (Å²) in [4.78, 5) is 26.8. The third-order valence-electron chi connectivity index (χ3n) is 5.02. The lowest BCUT2D eigenvalue weighted by Gasteiger charge is -2.18. The molecule has 0 unspecified atom stereocenters. The molecule has 2 aromatic rings. The number of aryl methyl sites for hydroxylation is 2. The van der Waals surface area contributed by atoms with Crippen molar-refractivity contribution < 1.29 is 9.59 Å².